The number of carbonyl (C=O) groups is 2. The van der Waals surface area contributed by atoms with Crippen molar-refractivity contribution >= 4 is 11.9 Å². The van der Waals surface area contributed by atoms with E-state index in [-0.39, 0.29) is 25.2 Å². The molecule has 2 heterocycles. The molecule has 5 rings (SSSR count). The standard InChI is InChI=1S/C32H36N2O6/c1-21-7-3-4-8-22(21)9-5-6-16-33-29(35)19-34-18-26(24-12-15-27-28(17-24)40-20-39-27)30(32(36)37)31(34)23-10-13-25(38-2)14-11-23/h3-4,7-8,10-15,17,26,30-31H,5-6,9,16,18-20H2,1-2H3,(H,33,35)(H,36,37)/t26?,30-,31+/m0/s1. The van der Waals surface area contributed by atoms with Crippen LogP contribution in [-0.2, 0) is 16.0 Å². The van der Waals surface area contributed by atoms with Crippen molar-refractivity contribution in [2.75, 3.05) is 33.5 Å². The monoisotopic (exact) mass is 544 g/mol. The zero-order valence-electron chi connectivity index (χ0n) is 23.0. The van der Waals surface area contributed by atoms with Gasteiger partial charge in [-0.05, 0) is 72.7 Å². The number of unbranched alkanes of at least 4 members (excludes halogenated alkanes) is 1. The van der Waals surface area contributed by atoms with Crippen molar-refractivity contribution in [2.24, 2.45) is 5.92 Å². The molecule has 40 heavy (non-hydrogen) atoms. The lowest BCUT2D eigenvalue weighted by Crippen LogP contribution is -2.38. The van der Waals surface area contributed by atoms with Crippen LogP contribution in [0.2, 0.25) is 0 Å². The molecule has 8 nitrogen and oxygen atoms in total. The van der Waals surface area contributed by atoms with Crippen LogP contribution in [0.1, 0.15) is 47.1 Å². The maximum absolute atomic E-state index is 13.1. The molecule has 2 aliphatic rings. The van der Waals surface area contributed by atoms with Gasteiger partial charge in [0.25, 0.3) is 0 Å². The summed E-state index contributed by atoms with van der Waals surface area (Å²) in [6.45, 7) is 3.39. The van der Waals surface area contributed by atoms with Crippen molar-refractivity contribution in [3.05, 3.63) is 89.0 Å². The zero-order chi connectivity index (χ0) is 28.1. The first-order valence-corrected chi connectivity index (χ1v) is 13.8. The van der Waals surface area contributed by atoms with E-state index in [1.165, 1.54) is 11.1 Å². The van der Waals surface area contributed by atoms with Crippen LogP contribution in [0.25, 0.3) is 0 Å². The number of benzene rings is 3. The smallest absolute Gasteiger partial charge is 0.309 e. The molecule has 1 unspecified atom stereocenters. The molecule has 210 valence electrons. The third-order valence-corrected chi connectivity index (χ3v) is 7.97. The third-order valence-electron chi connectivity index (χ3n) is 7.97. The van der Waals surface area contributed by atoms with Crippen molar-refractivity contribution in [3.8, 4) is 17.2 Å². The summed E-state index contributed by atoms with van der Waals surface area (Å²) in [5.41, 5.74) is 4.31. The fourth-order valence-corrected chi connectivity index (χ4v) is 5.87. The van der Waals surface area contributed by atoms with E-state index in [1.807, 2.05) is 53.4 Å². The molecular weight excluding hydrogens is 508 g/mol. The number of aryl methyl sites for hydroxylation is 2. The number of methoxy groups -OCH3 is 1. The fraction of sp³-hybridized carbons (Fsp3) is 0.375. The number of hydrogen-bond acceptors (Lipinski definition) is 6. The van der Waals surface area contributed by atoms with Gasteiger partial charge in [0.15, 0.2) is 11.5 Å². The number of carboxylic acids is 1. The minimum atomic E-state index is -0.900. The molecule has 2 N–H and O–H groups in total. The van der Waals surface area contributed by atoms with Gasteiger partial charge in [0.2, 0.25) is 12.7 Å². The Morgan fingerprint density at radius 2 is 1.75 bits per heavy atom. The second-order valence-electron chi connectivity index (χ2n) is 10.5. The highest BCUT2D eigenvalue weighted by molar-refractivity contribution is 5.79. The molecule has 2 aliphatic heterocycles. The molecule has 1 amide bonds. The largest absolute Gasteiger partial charge is 0.497 e. The van der Waals surface area contributed by atoms with Crippen molar-refractivity contribution in [1.29, 1.82) is 0 Å². The van der Waals surface area contributed by atoms with Crippen LogP contribution < -0.4 is 19.5 Å². The first kappa shape index (κ1) is 27.5. The molecule has 0 radical (unpaired) electrons. The van der Waals surface area contributed by atoms with Gasteiger partial charge < -0.3 is 24.6 Å². The van der Waals surface area contributed by atoms with Crippen LogP contribution in [0.5, 0.6) is 17.2 Å². The van der Waals surface area contributed by atoms with Crippen molar-refractivity contribution in [3.63, 3.8) is 0 Å². The highest BCUT2D eigenvalue weighted by Crippen LogP contribution is 2.47. The van der Waals surface area contributed by atoms with E-state index in [0.29, 0.717) is 30.3 Å². The number of nitrogens with zero attached hydrogens (tertiary/aromatic N) is 1. The molecule has 0 bridgehead atoms. The lowest BCUT2D eigenvalue weighted by molar-refractivity contribution is -0.143. The van der Waals surface area contributed by atoms with Gasteiger partial charge >= 0.3 is 5.97 Å². The number of hydrogen-bond donors (Lipinski definition) is 2. The highest BCUT2D eigenvalue weighted by atomic mass is 16.7. The van der Waals surface area contributed by atoms with Gasteiger partial charge in [-0.1, -0.05) is 42.5 Å². The molecule has 0 spiro atoms. The zero-order valence-corrected chi connectivity index (χ0v) is 23.0. The summed E-state index contributed by atoms with van der Waals surface area (Å²) < 4.78 is 16.3. The van der Waals surface area contributed by atoms with Gasteiger partial charge in [-0.2, -0.15) is 0 Å². The van der Waals surface area contributed by atoms with Crippen LogP contribution >= 0.6 is 0 Å². The molecule has 1 saturated heterocycles. The topological polar surface area (TPSA) is 97.3 Å². The molecule has 0 saturated carbocycles. The molecular formula is C32H36N2O6. The SMILES string of the molecule is COc1ccc([C@@H]2[C@@H](C(=O)O)C(c3ccc4c(c3)OCO4)CN2CC(=O)NCCCCc2ccccc2C)cc1. The summed E-state index contributed by atoms with van der Waals surface area (Å²) in [7, 11) is 1.60. The average molecular weight is 545 g/mol. The lowest BCUT2D eigenvalue weighted by atomic mass is 9.82. The van der Waals surface area contributed by atoms with Crippen LogP contribution in [0.15, 0.2) is 66.7 Å². The van der Waals surface area contributed by atoms with Crippen LogP contribution in [0, 0.1) is 12.8 Å². The molecule has 8 heteroatoms. The summed E-state index contributed by atoms with van der Waals surface area (Å²) in [4.78, 5) is 27.8. The van der Waals surface area contributed by atoms with Gasteiger partial charge in [0, 0.05) is 25.0 Å². The second kappa shape index (κ2) is 12.4. The number of likely N-dealkylation sites (tertiary alicyclic amines) is 1. The molecule has 3 aromatic rings. The molecule has 0 aliphatic carbocycles. The Bertz CT molecular complexity index is 1340. The first-order chi connectivity index (χ1) is 19.4. The Hall–Kier alpha value is -4.04. The van der Waals surface area contributed by atoms with E-state index >= 15 is 0 Å². The third kappa shape index (κ3) is 6.07. The number of nitrogens with one attached hydrogen (secondary N) is 1. The molecule has 0 aromatic heterocycles. The van der Waals surface area contributed by atoms with Crippen molar-refractivity contribution in [1.82, 2.24) is 10.2 Å². The Balaban J connectivity index is 1.29. The van der Waals surface area contributed by atoms with E-state index in [4.69, 9.17) is 14.2 Å². The Morgan fingerprint density at radius 1 is 1.00 bits per heavy atom. The van der Waals surface area contributed by atoms with Crippen LogP contribution in [0.3, 0.4) is 0 Å². The molecule has 1 fully saturated rings. The van der Waals surface area contributed by atoms with Gasteiger partial charge in [-0.15, -0.1) is 0 Å². The summed E-state index contributed by atoms with van der Waals surface area (Å²) in [6.07, 6.45) is 2.84. The maximum Gasteiger partial charge on any atom is 0.309 e. The quantitative estimate of drug-likeness (QED) is 0.338. The van der Waals surface area contributed by atoms with E-state index in [9.17, 15) is 14.7 Å². The lowest BCUT2D eigenvalue weighted by Gasteiger charge is -2.27. The number of ether oxygens (including phenoxy) is 3. The summed E-state index contributed by atoms with van der Waals surface area (Å²) in [6, 6.07) is 20.9. The number of fused-ring (bicyclic) bond motifs is 1. The van der Waals surface area contributed by atoms with Crippen molar-refractivity contribution in [2.45, 2.75) is 38.1 Å². The van der Waals surface area contributed by atoms with Gasteiger partial charge in [0.05, 0.1) is 19.6 Å². The average Bonchev–Trinajstić information content (AvgIpc) is 3.58. The predicted molar refractivity (Wildman–Crippen MR) is 151 cm³/mol. The van der Waals surface area contributed by atoms with Gasteiger partial charge in [-0.3, -0.25) is 14.5 Å². The Morgan fingerprint density at radius 3 is 2.50 bits per heavy atom. The van der Waals surface area contributed by atoms with E-state index in [2.05, 4.69) is 30.4 Å². The van der Waals surface area contributed by atoms with E-state index in [0.717, 1.165) is 30.4 Å². The first-order valence-electron chi connectivity index (χ1n) is 13.8. The second-order valence-corrected chi connectivity index (χ2v) is 10.5. The Kier molecular flexibility index (Phi) is 8.55. The highest BCUT2D eigenvalue weighted by Gasteiger charge is 2.48. The Labute approximate surface area is 234 Å². The normalized spacial score (nSPS) is 19.9. The summed E-state index contributed by atoms with van der Waals surface area (Å²) in [5.74, 6) is -0.136. The fourth-order valence-electron chi connectivity index (χ4n) is 5.87. The maximum atomic E-state index is 13.1. The number of amides is 1. The minimum absolute atomic E-state index is 0.107. The van der Waals surface area contributed by atoms with Crippen LogP contribution in [-0.4, -0.2) is 55.4 Å². The summed E-state index contributed by atoms with van der Waals surface area (Å²) in [5, 5.41) is 13.5. The predicted octanol–water partition coefficient (Wildman–Crippen LogP) is 4.71. The van der Waals surface area contributed by atoms with E-state index in [1.54, 1.807) is 7.11 Å². The molecule has 3 aromatic carbocycles. The molecule has 3 atom stereocenters. The van der Waals surface area contributed by atoms with Gasteiger partial charge in [0.1, 0.15) is 5.75 Å². The number of carboxylic acid groups (broad SMARTS) is 1. The summed E-state index contributed by atoms with van der Waals surface area (Å²) >= 11 is 0. The number of carbonyl (C=O) groups excluding carboxylic acids is 1. The number of aliphatic carboxylic acids is 1. The number of rotatable bonds is 11. The van der Waals surface area contributed by atoms with Crippen molar-refractivity contribution < 1.29 is 28.9 Å². The van der Waals surface area contributed by atoms with Gasteiger partial charge in [-0.25, -0.2) is 0 Å². The van der Waals surface area contributed by atoms with E-state index < -0.39 is 17.9 Å². The minimum Gasteiger partial charge on any atom is -0.497 e. The van der Waals surface area contributed by atoms with Crippen LogP contribution in [0.4, 0.5) is 0 Å².